The van der Waals surface area contributed by atoms with Crippen molar-refractivity contribution in [2.75, 3.05) is 31.2 Å². The first-order valence-corrected chi connectivity index (χ1v) is 7.96. The molecule has 0 saturated heterocycles. The summed E-state index contributed by atoms with van der Waals surface area (Å²) in [4.78, 5) is 3.33. The van der Waals surface area contributed by atoms with Crippen molar-refractivity contribution in [3.63, 3.8) is 0 Å². The molecule has 2 heterocycles. The predicted molar refractivity (Wildman–Crippen MR) is 84.1 cm³/mol. The van der Waals surface area contributed by atoms with Gasteiger partial charge in [0.15, 0.2) is 0 Å². The van der Waals surface area contributed by atoms with Crippen LogP contribution < -0.4 is 9.64 Å². The summed E-state index contributed by atoms with van der Waals surface area (Å²) in [7, 11) is 0. The van der Waals surface area contributed by atoms with Crippen molar-refractivity contribution in [2.24, 2.45) is 0 Å². The van der Waals surface area contributed by atoms with E-state index < -0.39 is 6.10 Å². The van der Waals surface area contributed by atoms with Crippen LogP contribution in [0.25, 0.3) is 0 Å². The molecule has 0 radical (unpaired) electrons. The standard InChI is InChI=1S/C16H19NO3S/c18-13(11-19-12-14-4-3-9-21-14)10-17-7-8-20-16-6-2-1-5-15(16)17/h1-6,9,13,18H,7-8,10-12H2. The fourth-order valence-corrected chi connectivity index (χ4v) is 3.05. The van der Waals surface area contributed by atoms with Gasteiger partial charge in [0.25, 0.3) is 0 Å². The lowest BCUT2D eigenvalue weighted by molar-refractivity contribution is 0.0324. The van der Waals surface area contributed by atoms with Gasteiger partial charge in [0, 0.05) is 11.4 Å². The number of fused-ring (bicyclic) bond motifs is 1. The van der Waals surface area contributed by atoms with E-state index in [9.17, 15) is 5.11 Å². The van der Waals surface area contributed by atoms with E-state index in [0.29, 0.717) is 26.4 Å². The molecule has 21 heavy (non-hydrogen) atoms. The number of hydrogen-bond donors (Lipinski definition) is 1. The first-order chi connectivity index (χ1) is 10.3. The third kappa shape index (κ3) is 3.75. The normalized spacial score (nSPS) is 15.4. The number of β-amino-alcohol motifs (C(OH)–C–C–N with tert-alkyl or cyclic N) is 1. The first kappa shape index (κ1) is 14.4. The molecule has 0 amide bonds. The summed E-state index contributed by atoms with van der Waals surface area (Å²) in [5.41, 5.74) is 1.04. The molecule has 1 aromatic carbocycles. The quantitative estimate of drug-likeness (QED) is 0.890. The summed E-state index contributed by atoms with van der Waals surface area (Å²) < 4.78 is 11.2. The van der Waals surface area contributed by atoms with Crippen LogP contribution in [0.3, 0.4) is 0 Å². The Bertz CT molecular complexity index is 558. The van der Waals surface area contributed by atoms with Crippen LogP contribution in [-0.2, 0) is 11.3 Å². The molecule has 1 unspecified atom stereocenters. The maximum absolute atomic E-state index is 10.2. The molecule has 0 fully saturated rings. The average molecular weight is 305 g/mol. The van der Waals surface area contributed by atoms with Gasteiger partial charge in [-0.15, -0.1) is 11.3 Å². The van der Waals surface area contributed by atoms with E-state index in [1.54, 1.807) is 11.3 Å². The molecule has 1 aliphatic heterocycles. The number of aliphatic hydroxyl groups is 1. The van der Waals surface area contributed by atoms with Crippen LogP contribution in [0.1, 0.15) is 4.88 Å². The Morgan fingerprint density at radius 2 is 2.19 bits per heavy atom. The molecule has 4 nitrogen and oxygen atoms in total. The van der Waals surface area contributed by atoms with Crippen LogP contribution in [0.5, 0.6) is 5.75 Å². The molecule has 1 aliphatic rings. The van der Waals surface area contributed by atoms with Crippen LogP contribution in [-0.4, -0.2) is 37.5 Å². The number of anilines is 1. The predicted octanol–water partition coefficient (Wildman–Crippen LogP) is 2.52. The average Bonchev–Trinajstić information content (AvgIpc) is 3.01. The maximum Gasteiger partial charge on any atom is 0.142 e. The van der Waals surface area contributed by atoms with E-state index in [1.807, 2.05) is 41.8 Å². The summed E-state index contributed by atoms with van der Waals surface area (Å²) >= 11 is 1.67. The number of thiophene rings is 1. The van der Waals surface area contributed by atoms with Gasteiger partial charge in [0.1, 0.15) is 12.4 Å². The largest absolute Gasteiger partial charge is 0.490 e. The van der Waals surface area contributed by atoms with Crippen molar-refractivity contribution in [1.82, 2.24) is 0 Å². The second-order valence-electron chi connectivity index (χ2n) is 5.01. The summed E-state index contributed by atoms with van der Waals surface area (Å²) in [6.45, 7) is 2.91. The van der Waals surface area contributed by atoms with Crippen molar-refractivity contribution in [3.8, 4) is 5.75 Å². The molecule has 2 aromatic rings. The molecule has 1 aromatic heterocycles. The number of para-hydroxylation sites is 2. The van der Waals surface area contributed by atoms with Gasteiger partial charge in [-0.3, -0.25) is 0 Å². The Balaban J connectivity index is 1.50. The maximum atomic E-state index is 10.2. The molecular weight excluding hydrogens is 286 g/mol. The smallest absolute Gasteiger partial charge is 0.142 e. The van der Waals surface area contributed by atoms with Crippen LogP contribution >= 0.6 is 11.3 Å². The minimum Gasteiger partial charge on any atom is -0.490 e. The molecule has 3 rings (SSSR count). The summed E-state index contributed by atoms with van der Waals surface area (Å²) in [5, 5.41) is 12.2. The van der Waals surface area contributed by atoms with Gasteiger partial charge >= 0.3 is 0 Å². The molecule has 112 valence electrons. The van der Waals surface area contributed by atoms with Gasteiger partial charge < -0.3 is 19.5 Å². The van der Waals surface area contributed by atoms with Crippen molar-refractivity contribution >= 4 is 17.0 Å². The van der Waals surface area contributed by atoms with Gasteiger partial charge in [-0.05, 0) is 23.6 Å². The van der Waals surface area contributed by atoms with Crippen molar-refractivity contribution in [3.05, 3.63) is 46.7 Å². The van der Waals surface area contributed by atoms with E-state index in [0.717, 1.165) is 18.0 Å². The molecule has 0 saturated carbocycles. The van der Waals surface area contributed by atoms with Gasteiger partial charge in [-0.1, -0.05) is 18.2 Å². The Labute approximate surface area is 128 Å². The topological polar surface area (TPSA) is 41.9 Å². The van der Waals surface area contributed by atoms with Crippen molar-refractivity contribution in [2.45, 2.75) is 12.7 Å². The van der Waals surface area contributed by atoms with Crippen molar-refractivity contribution in [1.29, 1.82) is 0 Å². The highest BCUT2D eigenvalue weighted by Gasteiger charge is 2.19. The summed E-state index contributed by atoms with van der Waals surface area (Å²) in [5.74, 6) is 0.885. The molecule has 5 heteroatoms. The molecule has 0 bridgehead atoms. The lowest BCUT2D eigenvalue weighted by atomic mass is 10.2. The zero-order valence-corrected chi connectivity index (χ0v) is 12.6. The lowest BCUT2D eigenvalue weighted by Gasteiger charge is -2.32. The van der Waals surface area contributed by atoms with E-state index in [-0.39, 0.29) is 0 Å². The molecule has 1 N–H and O–H groups in total. The number of aliphatic hydroxyl groups excluding tert-OH is 1. The molecule has 0 aliphatic carbocycles. The third-order valence-corrected chi connectivity index (χ3v) is 4.24. The van der Waals surface area contributed by atoms with E-state index >= 15 is 0 Å². The highest BCUT2D eigenvalue weighted by atomic mass is 32.1. The number of rotatable bonds is 6. The third-order valence-electron chi connectivity index (χ3n) is 3.39. The molecule has 1 atom stereocenters. The van der Waals surface area contributed by atoms with E-state index in [2.05, 4.69) is 4.90 Å². The fourth-order valence-electron chi connectivity index (χ4n) is 2.41. The van der Waals surface area contributed by atoms with Crippen LogP contribution in [0.15, 0.2) is 41.8 Å². The number of ether oxygens (including phenoxy) is 2. The van der Waals surface area contributed by atoms with E-state index in [1.165, 1.54) is 4.88 Å². The number of hydrogen-bond acceptors (Lipinski definition) is 5. The Kier molecular flexibility index (Phi) is 4.75. The fraction of sp³-hybridized carbons (Fsp3) is 0.375. The van der Waals surface area contributed by atoms with Crippen LogP contribution in [0.4, 0.5) is 5.69 Å². The van der Waals surface area contributed by atoms with Gasteiger partial charge in [-0.2, -0.15) is 0 Å². The van der Waals surface area contributed by atoms with Crippen LogP contribution in [0.2, 0.25) is 0 Å². The molecule has 0 spiro atoms. The van der Waals surface area contributed by atoms with Gasteiger partial charge in [-0.25, -0.2) is 0 Å². The van der Waals surface area contributed by atoms with Gasteiger partial charge in [0.05, 0.1) is 31.5 Å². The van der Waals surface area contributed by atoms with Crippen molar-refractivity contribution < 1.29 is 14.6 Å². The van der Waals surface area contributed by atoms with E-state index in [4.69, 9.17) is 9.47 Å². The summed E-state index contributed by atoms with van der Waals surface area (Å²) in [6.07, 6.45) is -0.504. The zero-order chi connectivity index (χ0) is 14.5. The Morgan fingerprint density at radius 3 is 3.05 bits per heavy atom. The minimum absolute atomic E-state index is 0.345. The highest BCUT2D eigenvalue weighted by Crippen LogP contribution is 2.30. The Morgan fingerprint density at radius 1 is 1.29 bits per heavy atom. The SMILES string of the molecule is OC(COCc1cccs1)CN1CCOc2ccccc21. The second-order valence-corrected chi connectivity index (χ2v) is 6.04. The monoisotopic (exact) mass is 305 g/mol. The molecular formula is C16H19NO3S. The zero-order valence-electron chi connectivity index (χ0n) is 11.8. The lowest BCUT2D eigenvalue weighted by Crippen LogP contribution is -2.39. The van der Waals surface area contributed by atoms with Crippen LogP contribution in [0, 0.1) is 0 Å². The Hall–Kier alpha value is -1.56. The first-order valence-electron chi connectivity index (χ1n) is 7.08. The summed E-state index contributed by atoms with van der Waals surface area (Å²) in [6, 6.07) is 12.0. The van der Waals surface area contributed by atoms with Gasteiger partial charge in [0.2, 0.25) is 0 Å². The second kappa shape index (κ2) is 6.93. The number of nitrogens with zero attached hydrogens (tertiary/aromatic N) is 1. The highest BCUT2D eigenvalue weighted by molar-refractivity contribution is 7.09. The minimum atomic E-state index is -0.504. The number of benzene rings is 1.